The average Bonchev–Trinajstić information content (AvgIpc) is 2.58. The van der Waals surface area contributed by atoms with Gasteiger partial charge in [0, 0.05) is 32.4 Å². The highest BCUT2D eigenvalue weighted by atomic mass is 35.5. The predicted molar refractivity (Wildman–Crippen MR) is 90.6 cm³/mol. The Balaban J connectivity index is 0.00000312. The van der Waals surface area contributed by atoms with E-state index in [0.29, 0.717) is 32.6 Å². The molecule has 2 rings (SSSR count). The van der Waals surface area contributed by atoms with Crippen LogP contribution in [0.2, 0.25) is 0 Å². The first kappa shape index (κ1) is 21.4. The minimum absolute atomic E-state index is 0. The van der Waals surface area contributed by atoms with E-state index < -0.39 is 17.9 Å². The molecule has 1 saturated heterocycles. The molecule has 0 spiro atoms. The van der Waals surface area contributed by atoms with Crippen LogP contribution in [0.1, 0.15) is 31.9 Å². The third-order valence-corrected chi connectivity index (χ3v) is 3.99. The zero-order valence-corrected chi connectivity index (χ0v) is 14.8. The Morgan fingerprint density at radius 2 is 1.96 bits per heavy atom. The van der Waals surface area contributed by atoms with Crippen LogP contribution in [0.3, 0.4) is 0 Å². The van der Waals surface area contributed by atoms with Crippen LogP contribution in [0.5, 0.6) is 0 Å². The first-order valence-corrected chi connectivity index (χ1v) is 8.02. The fourth-order valence-corrected chi connectivity index (χ4v) is 2.57. The predicted octanol–water partition coefficient (Wildman–Crippen LogP) is 2.08. The number of carbonyl (C=O) groups excluding carboxylic acids is 1. The van der Waals surface area contributed by atoms with Crippen LogP contribution in [-0.2, 0) is 11.0 Å². The van der Waals surface area contributed by atoms with Gasteiger partial charge in [0.15, 0.2) is 0 Å². The lowest BCUT2D eigenvalue weighted by Gasteiger charge is -2.36. The third kappa shape index (κ3) is 5.71. The molecule has 10 heteroatoms. The van der Waals surface area contributed by atoms with Gasteiger partial charge in [-0.2, -0.15) is 13.2 Å². The zero-order chi connectivity index (χ0) is 17.7. The lowest BCUT2D eigenvalue weighted by atomic mass is 10.1. The molecule has 2 N–H and O–H groups in total. The number of aromatic nitrogens is 2. The highest BCUT2D eigenvalue weighted by Gasteiger charge is 2.34. The summed E-state index contributed by atoms with van der Waals surface area (Å²) in [5, 5.41) is 0. The Morgan fingerprint density at radius 1 is 1.32 bits per heavy atom. The van der Waals surface area contributed by atoms with Crippen molar-refractivity contribution in [1.82, 2.24) is 14.9 Å². The second-order valence-corrected chi connectivity index (χ2v) is 5.80. The topological polar surface area (TPSA) is 75.4 Å². The molecule has 0 bridgehead atoms. The summed E-state index contributed by atoms with van der Waals surface area (Å²) in [6, 6.07) is 0.331. The number of hydrogen-bond acceptors (Lipinski definition) is 5. The molecule has 142 valence electrons. The molecule has 0 radical (unpaired) electrons. The number of alkyl halides is 3. The minimum Gasteiger partial charge on any atom is -0.338 e. The Kier molecular flexibility index (Phi) is 7.88. The maximum absolute atomic E-state index is 12.7. The summed E-state index contributed by atoms with van der Waals surface area (Å²) in [7, 11) is 0. The molecule has 1 amide bonds. The van der Waals surface area contributed by atoms with Gasteiger partial charge in [-0.3, -0.25) is 4.79 Å². The number of halogens is 4. The van der Waals surface area contributed by atoms with E-state index in [1.54, 1.807) is 9.80 Å². The molecule has 1 aromatic heterocycles. The summed E-state index contributed by atoms with van der Waals surface area (Å²) in [6.07, 6.45) is -0.885. The minimum atomic E-state index is -4.50. The van der Waals surface area contributed by atoms with Gasteiger partial charge in [0.25, 0.3) is 0 Å². The van der Waals surface area contributed by atoms with Gasteiger partial charge in [-0.1, -0.05) is 19.8 Å². The molecule has 6 nitrogen and oxygen atoms in total. The van der Waals surface area contributed by atoms with Crippen LogP contribution in [0.4, 0.5) is 19.1 Å². The number of nitrogens with zero attached hydrogens (tertiary/aromatic N) is 4. The number of amides is 1. The number of unbranched alkanes of at least 4 members (excludes halogenated alkanes) is 1. The maximum atomic E-state index is 12.7. The maximum Gasteiger partial charge on any atom is 0.433 e. The van der Waals surface area contributed by atoms with Gasteiger partial charge in [0.05, 0.1) is 6.04 Å². The van der Waals surface area contributed by atoms with E-state index in [9.17, 15) is 18.0 Å². The van der Waals surface area contributed by atoms with Crippen LogP contribution < -0.4 is 10.6 Å². The van der Waals surface area contributed by atoms with Crippen LogP contribution in [0.15, 0.2) is 12.3 Å². The molecular formula is C15H23ClF3N5O. The van der Waals surface area contributed by atoms with Gasteiger partial charge in [-0.05, 0) is 12.5 Å². The second-order valence-electron chi connectivity index (χ2n) is 5.80. The smallest absolute Gasteiger partial charge is 0.338 e. The Labute approximate surface area is 151 Å². The van der Waals surface area contributed by atoms with Crippen molar-refractivity contribution in [2.75, 3.05) is 31.1 Å². The van der Waals surface area contributed by atoms with E-state index in [1.165, 1.54) is 0 Å². The third-order valence-electron chi connectivity index (χ3n) is 3.99. The quantitative estimate of drug-likeness (QED) is 0.845. The molecule has 1 aliphatic heterocycles. The molecule has 25 heavy (non-hydrogen) atoms. The van der Waals surface area contributed by atoms with Crippen molar-refractivity contribution in [3.8, 4) is 0 Å². The average molecular weight is 382 g/mol. The van der Waals surface area contributed by atoms with E-state index >= 15 is 0 Å². The van der Waals surface area contributed by atoms with Crippen molar-refractivity contribution < 1.29 is 18.0 Å². The lowest BCUT2D eigenvalue weighted by molar-refractivity contribution is -0.141. The molecule has 1 unspecified atom stereocenters. The van der Waals surface area contributed by atoms with Crippen molar-refractivity contribution in [1.29, 1.82) is 0 Å². The molecule has 0 saturated carbocycles. The van der Waals surface area contributed by atoms with Crippen molar-refractivity contribution >= 4 is 24.3 Å². The normalized spacial score (nSPS) is 16.4. The number of nitrogens with two attached hydrogens (primary N) is 1. The molecule has 1 aliphatic rings. The summed E-state index contributed by atoms with van der Waals surface area (Å²) in [5.41, 5.74) is 4.93. The van der Waals surface area contributed by atoms with Crippen molar-refractivity contribution in [2.45, 2.75) is 38.4 Å². The standard InChI is InChI=1S/C15H22F3N5O.ClH/c1-2-3-4-11(19)13(24)22-7-9-23(10-8-22)14-20-6-5-12(21-14)15(16,17)18;/h5-6,11H,2-4,7-10,19H2,1H3;1H. The molecule has 1 aromatic rings. The first-order chi connectivity index (χ1) is 11.3. The van der Waals surface area contributed by atoms with Crippen LogP contribution >= 0.6 is 12.4 Å². The van der Waals surface area contributed by atoms with Crippen molar-refractivity contribution in [3.05, 3.63) is 18.0 Å². The van der Waals surface area contributed by atoms with Gasteiger partial charge in [0.2, 0.25) is 11.9 Å². The molecule has 2 heterocycles. The SMILES string of the molecule is CCCCC(N)C(=O)N1CCN(c2nccc(C(F)(F)F)n2)CC1.Cl. The van der Waals surface area contributed by atoms with Crippen molar-refractivity contribution in [2.24, 2.45) is 5.73 Å². The van der Waals surface area contributed by atoms with Crippen LogP contribution in [0, 0.1) is 0 Å². The molecule has 1 fully saturated rings. The van der Waals surface area contributed by atoms with E-state index in [4.69, 9.17) is 5.73 Å². The van der Waals surface area contributed by atoms with Gasteiger partial charge in [-0.25, -0.2) is 9.97 Å². The number of hydrogen-bond donors (Lipinski definition) is 1. The van der Waals surface area contributed by atoms with Gasteiger partial charge < -0.3 is 15.5 Å². The fourth-order valence-electron chi connectivity index (χ4n) is 2.57. The molecule has 0 aromatic carbocycles. The van der Waals surface area contributed by atoms with E-state index in [-0.39, 0.29) is 24.3 Å². The van der Waals surface area contributed by atoms with E-state index in [0.717, 1.165) is 25.1 Å². The summed E-state index contributed by atoms with van der Waals surface area (Å²) in [4.78, 5) is 23.0. The number of rotatable bonds is 5. The lowest BCUT2D eigenvalue weighted by Crippen LogP contribution is -2.53. The number of piperazine rings is 1. The summed E-state index contributed by atoms with van der Waals surface area (Å²) >= 11 is 0. The number of anilines is 1. The fraction of sp³-hybridized carbons (Fsp3) is 0.667. The van der Waals surface area contributed by atoms with Gasteiger partial charge in [0.1, 0.15) is 5.69 Å². The molecule has 1 atom stereocenters. The van der Waals surface area contributed by atoms with Crippen LogP contribution in [-0.4, -0.2) is 53.0 Å². The zero-order valence-electron chi connectivity index (χ0n) is 14.0. The number of carbonyl (C=O) groups is 1. The molecule has 0 aliphatic carbocycles. The summed E-state index contributed by atoms with van der Waals surface area (Å²) < 4.78 is 38.2. The Morgan fingerprint density at radius 3 is 2.52 bits per heavy atom. The van der Waals surface area contributed by atoms with E-state index in [2.05, 4.69) is 9.97 Å². The summed E-state index contributed by atoms with van der Waals surface area (Å²) in [6.45, 7) is 3.60. The molecular weight excluding hydrogens is 359 g/mol. The van der Waals surface area contributed by atoms with Crippen molar-refractivity contribution in [3.63, 3.8) is 0 Å². The highest BCUT2D eigenvalue weighted by molar-refractivity contribution is 5.85. The Bertz CT molecular complexity index is 564. The second kappa shape index (κ2) is 9.19. The largest absolute Gasteiger partial charge is 0.433 e. The van der Waals surface area contributed by atoms with E-state index in [1.807, 2.05) is 6.92 Å². The van der Waals surface area contributed by atoms with Gasteiger partial charge in [-0.15, -0.1) is 12.4 Å². The monoisotopic (exact) mass is 381 g/mol. The van der Waals surface area contributed by atoms with Crippen LogP contribution in [0.25, 0.3) is 0 Å². The highest BCUT2D eigenvalue weighted by Crippen LogP contribution is 2.28. The Hall–Kier alpha value is -1.61. The summed E-state index contributed by atoms with van der Waals surface area (Å²) in [5.74, 6) is -0.0692. The van der Waals surface area contributed by atoms with Gasteiger partial charge >= 0.3 is 6.18 Å². The first-order valence-electron chi connectivity index (χ1n) is 8.02.